The Labute approximate surface area is 97.7 Å². The standard InChI is InChI=1S/C11H21NO3Si/c1-11(2,3)16(4,5)12-8(6-9(12)13)7-10(14)15/h8H,6-7H2,1-5H3,(H,14,15). The maximum absolute atomic E-state index is 11.7. The number of carboxylic acids is 1. The number of rotatable bonds is 3. The van der Waals surface area contributed by atoms with Gasteiger partial charge in [0.2, 0.25) is 5.91 Å². The molecule has 1 unspecified atom stereocenters. The van der Waals surface area contributed by atoms with Crippen molar-refractivity contribution in [2.45, 2.75) is 57.8 Å². The SMILES string of the molecule is CC(C)(C)[Si](C)(C)N1C(=O)CC1CC(=O)O. The molecule has 1 fully saturated rings. The summed E-state index contributed by atoms with van der Waals surface area (Å²) in [5.74, 6) is -0.695. The summed E-state index contributed by atoms with van der Waals surface area (Å²) in [4.78, 5) is 22.4. The predicted octanol–water partition coefficient (Wildman–Crippen LogP) is 2.07. The third kappa shape index (κ3) is 2.14. The van der Waals surface area contributed by atoms with Crippen LogP contribution in [0.3, 0.4) is 0 Å². The molecule has 0 bridgehead atoms. The van der Waals surface area contributed by atoms with Crippen LogP contribution in [0.4, 0.5) is 0 Å². The fourth-order valence-electron chi connectivity index (χ4n) is 1.98. The Morgan fingerprint density at radius 1 is 1.50 bits per heavy atom. The predicted molar refractivity (Wildman–Crippen MR) is 64.7 cm³/mol. The van der Waals surface area contributed by atoms with E-state index < -0.39 is 14.2 Å². The summed E-state index contributed by atoms with van der Waals surface area (Å²) in [7, 11) is -1.89. The van der Waals surface area contributed by atoms with E-state index in [9.17, 15) is 9.59 Å². The van der Waals surface area contributed by atoms with Gasteiger partial charge in [0.1, 0.15) is 0 Å². The third-order valence-corrected chi connectivity index (χ3v) is 9.38. The Balaban J connectivity index is 2.85. The maximum atomic E-state index is 11.7. The van der Waals surface area contributed by atoms with Crippen LogP contribution < -0.4 is 0 Å². The lowest BCUT2D eigenvalue weighted by atomic mass is 10.0. The van der Waals surface area contributed by atoms with Gasteiger partial charge in [-0.05, 0) is 5.04 Å². The normalized spacial score (nSPS) is 21.9. The highest BCUT2D eigenvalue weighted by Crippen LogP contribution is 2.43. The average molecular weight is 243 g/mol. The summed E-state index contributed by atoms with van der Waals surface area (Å²) < 4.78 is 1.88. The molecule has 1 rings (SSSR count). The van der Waals surface area contributed by atoms with Crippen LogP contribution in [-0.4, -0.2) is 35.8 Å². The molecule has 1 N–H and O–H groups in total. The van der Waals surface area contributed by atoms with Gasteiger partial charge < -0.3 is 9.67 Å². The first-order valence-electron chi connectivity index (χ1n) is 5.61. The van der Waals surface area contributed by atoms with Gasteiger partial charge in [0.25, 0.3) is 0 Å². The lowest BCUT2D eigenvalue weighted by Crippen LogP contribution is -2.68. The van der Waals surface area contributed by atoms with Crippen LogP contribution >= 0.6 is 0 Å². The topological polar surface area (TPSA) is 57.6 Å². The molecule has 1 aliphatic heterocycles. The van der Waals surface area contributed by atoms with Crippen molar-refractivity contribution in [3.05, 3.63) is 0 Å². The highest BCUT2D eigenvalue weighted by molar-refractivity contribution is 6.80. The fraction of sp³-hybridized carbons (Fsp3) is 0.818. The van der Waals surface area contributed by atoms with Crippen LogP contribution in [0, 0.1) is 0 Å². The molecule has 1 atom stereocenters. The van der Waals surface area contributed by atoms with Crippen LogP contribution in [-0.2, 0) is 9.59 Å². The summed E-state index contributed by atoms with van der Waals surface area (Å²) >= 11 is 0. The van der Waals surface area contributed by atoms with Crippen molar-refractivity contribution in [2.75, 3.05) is 0 Å². The summed E-state index contributed by atoms with van der Waals surface area (Å²) in [6.45, 7) is 10.7. The molecule has 0 aromatic carbocycles. The van der Waals surface area contributed by atoms with Gasteiger partial charge in [-0.2, -0.15) is 0 Å². The number of β-lactam (4-membered cyclic amide) rings is 1. The van der Waals surface area contributed by atoms with Crippen molar-refractivity contribution >= 4 is 20.1 Å². The molecule has 1 heterocycles. The second-order valence-electron chi connectivity index (χ2n) is 6.03. The molecular weight excluding hydrogens is 222 g/mol. The lowest BCUT2D eigenvalue weighted by Gasteiger charge is -2.54. The molecule has 1 saturated heterocycles. The largest absolute Gasteiger partial charge is 0.481 e. The van der Waals surface area contributed by atoms with Gasteiger partial charge >= 0.3 is 5.97 Å². The molecule has 1 aliphatic rings. The first kappa shape index (κ1) is 13.2. The van der Waals surface area contributed by atoms with Crippen LogP contribution in [0.5, 0.6) is 0 Å². The molecule has 0 aromatic heterocycles. The van der Waals surface area contributed by atoms with Gasteiger partial charge in [-0.15, -0.1) is 0 Å². The lowest BCUT2D eigenvalue weighted by molar-refractivity contribution is -0.145. The van der Waals surface area contributed by atoms with E-state index in [2.05, 4.69) is 33.9 Å². The Morgan fingerprint density at radius 2 is 2.00 bits per heavy atom. The first-order valence-corrected chi connectivity index (χ1v) is 8.56. The van der Waals surface area contributed by atoms with E-state index in [1.54, 1.807) is 0 Å². The number of nitrogens with zero attached hydrogens (tertiary/aromatic N) is 1. The monoisotopic (exact) mass is 243 g/mol. The minimum absolute atomic E-state index is 0.0693. The second-order valence-corrected chi connectivity index (χ2v) is 11.1. The van der Waals surface area contributed by atoms with E-state index in [1.165, 1.54) is 0 Å². The van der Waals surface area contributed by atoms with Crippen molar-refractivity contribution in [3.63, 3.8) is 0 Å². The minimum Gasteiger partial charge on any atom is -0.481 e. The van der Waals surface area contributed by atoms with Gasteiger partial charge in [-0.3, -0.25) is 9.59 Å². The fourth-order valence-corrected chi connectivity index (χ4v) is 4.51. The molecule has 4 nitrogen and oxygen atoms in total. The van der Waals surface area contributed by atoms with E-state index >= 15 is 0 Å². The van der Waals surface area contributed by atoms with Crippen molar-refractivity contribution in [1.29, 1.82) is 0 Å². The number of amides is 1. The van der Waals surface area contributed by atoms with Crippen molar-refractivity contribution < 1.29 is 14.7 Å². The summed E-state index contributed by atoms with van der Waals surface area (Å²) in [6.07, 6.45) is 0.483. The zero-order valence-electron chi connectivity index (χ0n) is 10.7. The molecule has 92 valence electrons. The van der Waals surface area contributed by atoms with E-state index in [-0.39, 0.29) is 23.4 Å². The molecule has 0 spiro atoms. The Bertz CT molecular complexity index is 320. The van der Waals surface area contributed by atoms with E-state index in [0.29, 0.717) is 6.42 Å². The van der Waals surface area contributed by atoms with Crippen molar-refractivity contribution in [3.8, 4) is 0 Å². The molecule has 0 aromatic rings. The zero-order chi connectivity index (χ0) is 12.7. The minimum atomic E-state index is -1.89. The summed E-state index contributed by atoms with van der Waals surface area (Å²) in [5.41, 5.74) is 0. The van der Waals surface area contributed by atoms with Gasteiger partial charge in [0.15, 0.2) is 8.24 Å². The average Bonchev–Trinajstić information content (AvgIpc) is 1.98. The second kappa shape index (κ2) is 3.87. The summed E-state index contributed by atoms with van der Waals surface area (Å²) in [5, 5.41) is 8.87. The van der Waals surface area contributed by atoms with E-state index in [1.807, 2.05) is 4.57 Å². The molecule has 0 radical (unpaired) electrons. The van der Waals surface area contributed by atoms with Crippen LogP contribution in [0.2, 0.25) is 18.1 Å². The number of carbonyl (C=O) groups is 2. The van der Waals surface area contributed by atoms with Gasteiger partial charge in [0.05, 0.1) is 6.42 Å². The smallest absolute Gasteiger partial charge is 0.305 e. The van der Waals surface area contributed by atoms with E-state index in [4.69, 9.17) is 5.11 Å². The zero-order valence-corrected chi connectivity index (χ0v) is 11.7. The highest BCUT2D eigenvalue weighted by Gasteiger charge is 2.51. The number of hydrogen-bond acceptors (Lipinski definition) is 2. The van der Waals surface area contributed by atoms with Crippen molar-refractivity contribution in [2.24, 2.45) is 0 Å². The highest BCUT2D eigenvalue weighted by atomic mass is 28.3. The Hall–Kier alpha value is -0.843. The number of carboxylic acid groups (broad SMARTS) is 1. The van der Waals surface area contributed by atoms with Crippen LogP contribution in [0.15, 0.2) is 0 Å². The van der Waals surface area contributed by atoms with Crippen molar-refractivity contribution in [1.82, 2.24) is 4.57 Å². The molecular formula is C11H21NO3Si. The molecule has 0 aliphatic carbocycles. The molecule has 1 amide bonds. The number of aliphatic carboxylic acids is 1. The quantitative estimate of drug-likeness (QED) is 0.610. The van der Waals surface area contributed by atoms with E-state index in [0.717, 1.165) is 0 Å². The van der Waals surface area contributed by atoms with Gasteiger partial charge in [0, 0.05) is 12.5 Å². The third-order valence-electron chi connectivity index (χ3n) is 3.89. The summed E-state index contributed by atoms with van der Waals surface area (Å²) in [6, 6.07) is -0.0779. The Morgan fingerprint density at radius 3 is 2.31 bits per heavy atom. The number of carbonyl (C=O) groups excluding carboxylic acids is 1. The van der Waals surface area contributed by atoms with Crippen LogP contribution in [0.1, 0.15) is 33.6 Å². The first-order chi connectivity index (χ1) is 7.07. The Kier molecular flexibility index (Phi) is 3.20. The van der Waals surface area contributed by atoms with Crippen LogP contribution in [0.25, 0.3) is 0 Å². The maximum Gasteiger partial charge on any atom is 0.305 e. The van der Waals surface area contributed by atoms with Gasteiger partial charge in [-0.25, -0.2) is 0 Å². The van der Waals surface area contributed by atoms with Gasteiger partial charge in [-0.1, -0.05) is 33.9 Å². The number of hydrogen-bond donors (Lipinski definition) is 1. The molecule has 5 heteroatoms. The molecule has 16 heavy (non-hydrogen) atoms. The molecule has 0 saturated carbocycles.